The molecule has 2 saturated heterocycles. The van der Waals surface area contributed by atoms with E-state index in [0.717, 1.165) is 28.8 Å². The van der Waals surface area contributed by atoms with E-state index in [1.54, 1.807) is 0 Å². The maximum absolute atomic E-state index is 13.0. The fourth-order valence-electron chi connectivity index (χ4n) is 4.38. The summed E-state index contributed by atoms with van der Waals surface area (Å²) in [6.45, 7) is 3.69. The van der Waals surface area contributed by atoms with Crippen LogP contribution in [0.4, 0.5) is 5.69 Å². The van der Waals surface area contributed by atoms with E-state index >= 15 is 0 Å². The van der Waals surface area contributed by atoms with E-state index in [4.69, 9.17) is 11.6 Å². The first kappa shape index (κ1) is 23.5. The molecule has 0 atom stereocenters. The number of anilines is 1. The van der Waals surface area contributed by atoms with Gasteiger partial charge in [-0.25, -0.2) is 12.7 Å². The highest BCUT2D eigenvalue weighted by atomic mass is 79.9. The second kappa shape index (κ2) is 10.1. The van der Waals surface area contributed by atoms with Gasteiger partial charge in [-0.2, -0.15) is 0 Å². The van der Waals surface area contributed by atoms with Gasteiger partial charge in [0.15, 0.2) is 0 Å². The van der Waals surface area contributed by atoms with Crippen LogP contribution < -0.4 is 4.90 Å². The highest BCUT2D eigenvalue weighted by Gasteiger charge is 2.34. The van der Waals surface area contributed by atoms with Crippen LogP contribution in [0, 0.1) is 5.92 Å². The molecule has 2 fully saturated rings. The van der Waals surface area contributed by atoms with Crippen LogP contribution in [0.2, 0.25) is 5.02 Å². The Kier molecular flexibility index (Phi) is 7.44. The van der Waals surface area contributed by atoms with Crippen molar-refractivity contribution in [1.29, 1.82) is 0 Å². The number of piperidine rings is 1. The Morgan fingerprint density at radius 2 is 1.62 bits per heavy atom. The van der Waals surface area contributed by atoms with Gasteiger partial charge >= 0.3 is 0 Å². The van der Waals surface area contributed by atoms with E-state index in [-0.39, 0.29) is 17.6 Å². The average Bonchev–Trinajstić information content (AvgIpc) is 2.80. The quantitative estimate of drug-likeness (QED) is 0.575. The minimum absolute atomic E-state index is 0.00957. The van der Waals surface area contributed by atoms with Crippen molar-refractivity contribution in [3.05, 3.63) is 63.6 Å². The molecule has 2 aliphatic rings. The number of piperazine rings is 1. The van der Waals surface area contributed by atoms with E-state index < -0.39 is 10.0 Å². The van der Waals surface area contributed by atoms with Crippen molar-refractivity contribution in [3.63, 3.8) is 0 Å². The molecule has 0 radical (unpaired) electrons. The lowest BCUT2D eigenvalue weighted by Crippen LogP contribution is -2.52. The lowest BCUT2D eigenvalue weighted by Gasteiger charge is -2.39. The topological polar surface area (TPSA) is 60.9 Å². The van der Waals surface area contributed by atoms with E-state index in [9.17, 15) is 13.2 Å². The minimum atomic E-state index is -3.39. The molecule has 2 heterocycles. The molecule has 0 spiro atoms. The van der Waals surface area contributed by atoms with Crippen LogP contribution in [-0.4, -0.2) is 62.8 Å². The molecule has 4 rings (SSSR count). The van der Waals surface area contributed by atoms with Gasteiger partial charge in [0.2, 0.25) is 15.9 Å². The molecule has 1 amide bonds. The predicted molar refractivity (Wildman–Crippen MR) is 131 cm³/mol. The lowest BCUT2D eigenvalue weighted by molar-refractivity contribution is -0.137. The zero-order valence-corrected chi connectivity index (χ0v) is 20.9. The first-order valence-corrected chi connectivity index (χ1v) is 13.6. The molecule has 0 saturated carbocycles. The smallest absolute Gasteiger partial charge is 0.225 e. The third-order valence-corrected chi connectivity index (χ3v) is 8.84. The molecule has 9 heteroatoms. The number of amides is 1. The van der Waals surface area contributed by atoms with Gasteiger partial charge in [0.05, 0.1) is 5.75 Å². The van der Waals surface area contributed by atoms with Crippen LogP contribution in [0.3, 0.4) is 0 Å². The Labute approximate surface area is 203 Å². The summed E-state index contributed by atoms with van der Waals surface area (Å²) in [5.74, 6) is 0.0391. The van der Waals surface area contributed by atoms with Crippen LogP contribution in [0.5, 0.6) is 0 Å². The average molecular weight is 541 g/mol. The van der Waals surface area contributed by atoms with Crippen LogP contribution in [-0.2, 0) is 20.6 Å². The molecule has 0 aliphatic carbocycles. The maximum atomic E-state index is 13.0. The standard InChI is InChI=1S/C23H27BrClN3O3S/c24-20-6-4-18(5-7-20)17-32(30,31)28-10-8-19(9-11-28)23(29)27-14-12-26(13-15-27)22-3-1-2-21(25)16-22/h1-7,16,19H,8-15,17H2. The summed E-state index contributed by atoms with van der Waals surface area (Å²) < 4.78 is 28.1. The third-order valence-electron chi connectivity index (χ3n) is 6.22. The van der Waals surface area contributed by atoms with Crippen LogP contribution >= 0.6 is 27.5 Å². The molecular weight excluding hydrogens is 514 g/mol. The number of benzene rings is 2. The van der Waals surface area contributed by atoms with Crippen LogP contribution in [0.15, 0.2) is 53.0 Å². The summed E-state index contributed by atoms with van der Waals surface area (Å²) in [6, 6.07) is 15.1. The Bertz CT molecular complexity index is 1050. The second-order valence-corrected chi connectivity index (χ2v) is 11.7. The Morgan fingerprint density at radius 3 is 2.25 bits per heavy atom. The van der Waals surface area contributed by atoms with Gasteiger partial charge in [0.1, 0.15) is 0 Å². The lowest BCUT2D eigenvalue weighted by atomic mass is 9.96. The number of nitrogens with zero attached hydrogens (tertiary/aromatic N) is 3. The summed E-state index contributed by atoms with van der Waals surface area (Å²) in [5, 5.41) is 0.711. The van der Waals surface area contributed by atoms with E-state index in [2.05, 4.69) is 20.8 Å². The zero-order valence-electron chi connectivity index (χ0n) is 17.8. The number of hydrogen-bond acceptors (Lipinski definition) is 4. The fraction of sp³-hybridized carbons (Fsp3) is 0.435. The van der Waals surface area contributed by atoms with Gasteiger partial charge in [-0.05, 0) is 48.7 Å². The monoisotopic (exact) mass is 539 g/mol. The second-order valence-electron chi connectivity index (χ2n) is 8.35. The molecule has 0 unspecified atom stereocenters. The van der Waals surface area contributed by atoms with Gasteiger partial charge in [0.25, 0.3) is 0 Å². The number of carbonyl (C=O) groups excluding carboxylic acids is 1. The number of sulfonamides is 1. The fourth-order valence-corrected chi connectivity index (χ4v) is 6.39. The molecule has 0 bridgehead atoms. The number of halogens is 2. The van der Waals surface area contributed by atoms with Crippen molar-refractivity contribution in [2.75, 3.05) is 44.2 Å². The Balaban J connectivity index is 1.28. The highest BCUT2D eigenvalue weighted by Crippen LogP contribution is 2.26. The molecule has 2 aromatic rings. The summed E-state index contributed by atoms with van der Waals surface area (Å²) in [5.41, 5.74) is 1.85. The third kappa shape index (κ3) is 5.65. The molecule has 0 aromatic heterocycles. The van der Waals surface area contributed by atoms with Gasteiger partial charge in [-0.3, -0.25) is 4.79 Å². The minimum Gasteiger partial charge on any atom is -0.368 e. The van der Waals surface area contributed by atoms with Crippen molar-refractivity contribution >= 4 is 49.1 Å². The van der Waals surface area contributed by atoms with Crippen molar-refractivity contribution in [2.24, 2.45) is 5.92 Å². The summed E-state index contributed by atoms with van der Waals surface area (Å²) in [7, 11) is -3.39. The Hall–Kier alpha value is -1.61. The molecule has 0 N–H and O–H groups in total. The summed E-state index contributed by atoms with van der Waals surface area (Å²) in [4.78, 5) is 17.2. The number of carbonyl (C=O) groups is 1. The van der Waals surface area contributed by atoms with Gasteiger partial charge in [-0.1, -0.05) is 45.7 Å². The van der Waals surface area contributed by atoms with E-state index in [0.29, 0.717) is 44.0 Å². The maximum Gasteiger partial charge on any atom is 0.225 e. The zero-order chi connectivity index (χ0) is 22.7. The highest BCUT2D eigenvalue weighted by molar-refractivity contribution is 9.10. The van der Waals surface area contributed by atoms with Crippen molar-refractivity contribution in [1.82, 2.24) is 9.21 Å². The number of hydrogen-bond donors (Lipinski definition) is 0. The molecule has 172 valence electrons. The van der Waals surface area contributed by atoms with E-state index in [1.807, 2.05) is 53.4 Å². The normalized spacial score (nSPS) is 18.7. The first-order chi connectivity index (χ1) is 15.3. The SMILES string of the molecule is O=C(C1CCN(S(=O)(=O)Cc2ccc(Br)cc2)CC1)N1CCN(c2cccc(Cl)c2)CC1. The van der Waals surface area contributed by atoms with Crippen molar-refractivity contribution < 1.29 is 13.2 Å². The van der Waals surface area contributed by atoms with Gasteiger partial charge < -0.3 is 9.80 Å². The number of rotatable bonds is 5. The van der Waals surface area contributed by atoms with Gasteiger partial charge in [-0.15, -0.1) is 0 Å². The molecule has 6 nitrogen and oxygen atoms in total. The summed E-state index contributed by atoms with van der Waals surface area (Å²) >= 11 is 9.47. The molecule has 2 aliphatic heterocycles. The summed E-state index contributed by atoms with van der Waals surface area (Å²) in [6.07, 6.45) is 1.15. The predicted octanol–water partition coefficient (Wildman–Crippen LogP) is 3.99. The van der Waals surface area contributed by atoms with Crippen LogP contribution in [0.25, 0.3) is 0 Å². The van der Waals surface area contributed by atoms with E-state index in [1.165, 1.54) is 4.31 Å². The van der Waals surface area contributed by atoms with Crippen molar-refractivity contribution in [2.45, 2.75) is 18.6 Å². The molecular formula is C23H27BrClN3O3S. The largest absolute Gasteiger partial charge is 0.368 e. The Morgan fingerprint density at radius 1 is 0.969 bits per heavy atom. The van der Waals surface area contributed by atoms with Gasteiger partial charge in [0, 0.05) is 60.4 Å². The molecule has 2 aromatic carbocycles. The van der Waals surface area contributed by atoms with Crippen molar-refractivity contribution in [3.8, 4) is 0 Å². The first-order valence-electron chi connectivity index (χ1n) is 10.8. The van der Waals surface area contributed by atoms with Crippen LogP contribution in [0.1, 0.15) is 18.4 Å². The molecule has 32 heavy (non-hydrogen) atoms.